The predicted molar refractivity (Wildman–Crippen MR) is 106 cm³/mol. The van der Waals surface area contributed by atoms with Gasteiger partial charge in [-0.3, -0.25) is 15.0 Å². The van der Waals surface area contributed by atoms with Gasteiger partial charge < -0.3 is 20.6 Å². The van der Waals surface area contributed by atoms with Gasteiger partial charge in [-0.15, -0.1) is 0 Å². The van der Waals surface area contributed by atoms with Crippen LogP contribution in [0.1, 0.15) is 26.3 Å². The second-order valence-corrected chi connectivity index (χ2v) is 6.23. The largest absolute Gasteiger partial charge is 0.493 e. The molecule has 4 N–H and O–H groups in total. The van der Waals surface area contributed by atoms with Gasteiger partial charge in [-0.1, -0.05) is 12.1 Å². The number of amides is 2. The first-order chi connectivity index (χ1) is 15.0. The van der Waals surface area contributed by atoms with Crippen molar-refractivity contribution in [1.82, 2.24) is 10.4 Å². The number of amidine groups is 1. The van der Waals surface area contributed by atoms with Crippen LogP contribution < -0.4 is 15.8 Å². The van der Waals surface area contributed by atoms with Crippen molar-refractivity contribution < 1.29 is 37.1 Å². The molecule has 0 bridgehead atoms. The molecule has 170 valence electrons. The maximum Gasteiger partial charge on any atom is 0.493 e. The van der Waals surface area contributed by atoms with E-state index in [1.807, 2.05) is 0 Å². The Labute approximate surface area is 180 Å². The Morgan fingerprint density at radius 2 is 1.69 bits per heavy atom. The van der Waals surface area contributed by atoms with Crippen LogP contribution in [-0.2, 0) is 9.63 Å². The molecule has 2 aromatic carbocycles. The number of carbonyl (C=O) groups excluding carboxylic acids is 3. The zero-order chi connectivity index (χ0) is 23.9. The van der Waals surface area contributed by atoms with Crippen LogP contribution in [0.25, 0.3) is 0 Å². The first kappa shape index (κ1) is 24.2. The fraction of sp³-hybridized carbons (Fsp3) is 0.200. The monoisotopic (exact) mass is 452 g/mol. The summed E-state index contributed by atoms with van der Waals surface area (Å²) in [7, 11) is 1.41. The van der Waals surface area contributed by atoms with Crippen molar-refractivity contribution in [3.8, 4) is 5.75 Å². The van der Waals surface area contributed by atoms with E-state index in [1.165, 1.54) is 43.4 Å². The van der Waals surface area contributed by atoms with E-state index in [1.54, 1.807) is 12.1 Å². The first-order valence-corrected chi connectivity index (χ1v) is 9.03. The SMILES string of the molecule is CNC(=O)c1ccc(C(=O)N(CCOc2cccc(C(=N)N)c2)OC(=O)C(F)(F)F)cc1. The van der Waals surface area contributed by atoms with E-state index < -0.39 is 30.5 Å². The van der Waals surface area contributed by atoms with Gasteiger partial charge in [0, 0.05) is 23.7 Å². The molecular weight excluding hydrogens is 433 g/mol. The first-order valence-electron chi connectivity index (χ1n) is 9.03. The second-order valence-electron chi connectivity index (χ2n) is 6.23. The molecule has 0 aliphatic heterocycles. The van der Waals surface area contributed by atoms with Gasteiger partial charge in [0.05, 0.1) is 6.54 Å². The van der Waals surface area contributed by atoms with E-state index in [-0.39, 0.29) is 34.4 Å². The summed E-state index contributed by atoms with van der Waals surface area (Å²) in [6.07, 6.45) is -5.32. The Morgan fingerprint density at radius 1 is 1.06 bits per heavy atom. The summed E-state index contributed by atoms with van der Waals surface area (Å²) in [5, 5.41) is 10.0. The molecule has 0 unspecified atom stereocenters. The molecule has 0 fully saturated rings. The van der Waals surface area contributed by atoms with Crippen molar-refractivity contribution in [2.75, 3.05) is 20.2 Å². The molecule has 32 heavy (non-hydrogen) atoms. The maximum atomic E-state index is 12.6. The van der Waals surface area contributed by atoms with Crippen molar-refractivity contribution in [3.05, 3.63) is 65.2 Å². The minimum absolute atomic E-state index is 0.119. The summed E-state index contributed by atoms with van der Waals surface area (Å²) in [5.41, 5.74) is 5.84. The molecule has 0 atom stereocenters. The van der Waals surface area contributed by atoms with Crippen LogP contribution in [0.15, 0.2) is 48.5 Å². The number of alkyl halides is 3. The van der Waals surface area contributed by atoms with Gasteiger partial charge in [-0.25, -0.2) is 4.79 Å². The molecule has 0 saturated carbocycles. The highest BCUT2D eigenvalue weighted by molar-refractivity contribution is 5.98. The van der Waals surface area contributed by atoms with Crippen LogP contribution >= 0.6 is 0 Å². The van der Waals surface area contributed by atoms with Gasteiger partial charge in [0.15, 0.2) is 0 Å². The molecule has 0 heterocycles. The lowest BCUT2D eigenvalue weighted by molar-refractivity contribution is -0.229. The van der Waals surface area contributed by atoms with Crippen LogP contribution in [-0.4, -0.2) is 55.1 Å². The molecule has 0 saturated heterocycles. The zero-order valence-corrected chi connectivity index (χ0v) is 16.7. The quantitative estimate of drug-likeness (QED) is 0.334. The number of hydrogen-bond donors (Lipinski definition) is 3. The minimum Gasteiger partial charge on any atom is -0.492 e. The molecule has 2 aromatic rings. The number of hydrogen-bond acceptors (Lipinski definition) is 6. The molecule has 0 aliphatic carbocycles. The molecule has 0 aliphatic rings. The van der Waals surface area contributed by atoms with Gasteiger partial charge in [-0.2, -0.15) is 18.2 Å². The molecule has 12 heteroatoms. The van der Waals surface area contributed by atoms with Crippen LogP contribution in [0.4, 0.5) is 13.2 Å². The minimum atomic E-state index is -5.32. The summed E-state index contributed by atoms with van der Waals surface area (Å²) in [5.74, 6) is -4.03. The van der Waals surface area contributed by atoms with Crippen molar-refractivity contribution in [3.63, 3.8) is 0 Å². The molecule has 0 spiro atoms. The summed E-state index contributed by atoms with van der Waals surface area (Å²) >= 11 is 0. The van der Waals surface area contributed by atoms with Crippen LogP contribution in [0.2, 0.25) is 0 Å². The normalized spacial score (nSPS) is 10.8. The summed E-state index contributed by atoms with van der Waals surface area (Å²) < 4.78 is 43.3. The van der Waals surface area contributed by atoms with E-state index in [0.717, 1.165) is 0 Å². The van der Waals surface area contributed by atoms with Gasteiger partial charge in [0.25, 0.3) is 11.8 Å². The van der Waals surface area contributed by atoms with E-state index in [9.17, 15) is 27.6 Å². The lowest BCUT2D eigenvalue weighted by Gasteiger charge is -2.22. The fourth-order valence-electron chi connectivity index (χ4n) is 2.39. The summed E-state index contributed by atoms with van der Waals surface area (Å²) in [6, 6.07) is 11.0. The zero-order valence-electron chi connectivity index (χ0n) is 16.7. The Bertz CT molecular complexity index is 1010. The third kappa shape index (κ3) is 6.45. The number of ether oxygens (including phenoxy) is 1. The van der Waals surface area contributed by atoms with Crippen molar-refractivity contribution in [2.24, 2.45) is 5.73 Å². The number of nitrogens with one attached hydrogen (secondary N) is 2. The van der Waals surface area contributed by atoms with Crippen LogP contribution in [0.5, 0.6) is 5.75 Å². The van der Waals surface area contributed by atoms with Crippen LogP contribution in [0, 0.1) is 5.41 Å². The molecule has 2 amide bonds. The molecule has 0 radical (unpaired) electrons. The van der Waals surface area contributed by atoms with Crippen molar-refractivity contribution in [2.45, 2.75) is 6.18 Å². The van der Waals surface area contributed by atoms with Crippen LogP contribution in [0.3, 0.4) is 0 Å². The van der Waals surface area contributed by atoms with Gasteiger partial charge >= 0.3 is 12.1 Å². The molecule has 0 aromatic heterocycles. The number of halogens is 3. The second kappa shape index (κ2) is 10.3. The number of nitrogen functional groups attached to an aromatic ring is 1. The Balaban J connectivity index is 2.15. The number of rotatable bonds is 7. The third-order valence-electron chi connectivity index (χ3n) is 3.98. The van der Waals surface area contributed by atoms with Crippen molar-refractivity contribution in [1.29, 1.82) is 5.41 Å². The number of carbonyl (C=O) groups is 3. The van der Waals surface area contributed by atoms with Gasteiger partial charge in [0.2, 0.25) is 0 Å². The third-order valence-corrected chi connectivity index (χ3v) is 3.98. The number of hydroxylamine groups is 2. The van der Waals surface area contributed by atoms with Crippen molar-refractivity contribution >= 4 is 23.6 Å². The Kier molecular flexibility index (Phi) is 7.77. The topological polar surface area (TPSA) is 135 Å². The smallest absolute Gasteiger partial charge is 0.492 e. The van der Waals surface area contributed by atoms with E-state index in [4.69, 9.17) is 15.9 Å². The van der Waals surface area contributed by atoms with Gasteiger partial charge in [-0.05, 0) is 36.4 Å². The lowest BCUT2D eigenvalue weighted by Crippen LogP contribution is -2.40. The number of nitrogens with two attached hydrogens (primary N) is 1. The average molecular weight is 452 g/mol. The highest BCUT2D eigenvalue weighted by Crippen LogP contribution is 2.19. The highest BCUT2D eigenvalue weighted by atomic mass is 19.4. The summed E-state index contributed by atoms with van der Waals surface area (Å²) in [6.45, 7) is -0.878. The summed E-state index contributed by atoms with van der Waals surface area (Å²) in [4.78, 5) is 39.7. The van der Waals surface area contributed by atoms with E-state index in [0.29, 0.717) is 5.56 Å². The fourth-order valence-corrected chi connectivity index (χ4v) is 2.39. The standard InChI is InChI=1S/C20H19F3N4O5/c1-26-17(28)12-5-7-13(8-6-12)18(29)27(32-19(30)20(21,22)23)9-10-31-15-4-2-3-14(11-15)16(24)25/h2-8,11H,9-10H2,1H3,(H3,24,25)(H,26,28). The Hall–Kier alpha value is -4.09. The predicted octanol–water partition coefficient (Wildman–Crippen LogP) is 1.87. The Morgan fingerprint density at radius 3 is 2.25 bits per heavy atom. The van der Waals surface area contributed by atoms with E-state index >= 15 is 0 Å². The molecule has 9 nitrogen and oxygen atoms in total. The molecular formula is C20H19F3N4O5. The lowest BCUT2D eigenvalue weighted by atomic mass is 10.1. The highest BCUT2D eigenvalue weighted by Gasteiger charge is 2.43. The van der Waals surface area contributed by atoms with Gasteiger partial charge in [0.1, 0.15) is 18.2 Å². The average Bonchev–Trinajstić information content (AvgIpc) is 2.77. The molecule has 2 rings (SSSR count). The number of benzene rings is 2. The maximum absolute atomic E-state index is 12.6. The van der Waals surface area contributed by atoms with E-state index in [2.05, 4.69) is 10.2 Å². The number of nitrogens with zero attached hydrogens (tertiary/aromatic N) is 1.